The zero-order chi connectivity index (χ0) is 12.5. The van der Waals surface area contributed by atoms with E-state index in [1.165, 1.54) is 25.7 Å². The molecule has 0 unspecified atom stereocenters. The molecule has 94 valence electrons. The van der Waals surface area contributed by atoms with Crippen molar-refractivity contribution in [3.05, 3.63) is 24.3 Å². The van der Waals surface area contributed by atoms with Crippen molar-refractivity contribution in [2.24, 2.45) is 7.05 Å². The predicted octanol–water partition coefficient (Wildman–Crippen LogP) is 2.12. The van der Waals surface area contributed by atoms with Crippen LogP contribution in [0.15, 0.2) is 18.5 Å². The Kier molecular flexibility index (Phi) is 2.74. The molecule has 1 aliphatic carbocycles. The monoisotopic (exact) mass is 243 g/mol. The van der Waals surface area contributed by atoms with E-state index in [4.69, 9.17) is 5.73 Å². The van der Waals surface area contributed by atoms with Crippen LogP contribution in [0.2, 0.25) is 0 Å². The molecule has 0 saturated heterocycles. The fourth-order valence-electron chi connectivity index (χ4n) is 2.59. The third-order valence-electron chi connectivity index (χ3n) is 3.52. The Hall–Kier alpha value is -1.91. The van der Waals surface area contributed by atoms with Gasteiger partial charge in [-0.15, -0.1) is 0 Å². The Morgan fingerprint density at radius 3 is 2.78 bits per heavy atom. The van der Waals surface area contributed by atoms with Crippen molar-refractivity contribution >= 4 is 5.69 Å². The normalized spacial score (nSPS) is 16.3. The third-order valence-corrected chi connectivity index (χ3v) is 3.52. The maximum Gasteiger partial charge on any atom is 0.159 e. The molecule has 0 aromatic carbocycles. The minimum absolute atomic E-state index is 0.527. The maximum absolute atomic E-state index is 5.76. The molecule has 3 rings (SSSR count). The molecule has 2 aromatic rings. The first-order chi connectivity index (χ1) is 8.74. The van der Waals surface area contributed by atoms with E-state index >= 15 is 0 Å². The summed E-state index contributed by atoms with van der Waals surface area (Å²) >= 11 is 0. The molecule has 0 amide bonds. The zero-order valence-electron chi connectivity index (χ0n) is 10.5. The summed E-state index contributed by atoms with van der Waals surface area (Å²) in [6.07, 6.45) is 8.41. The molecule has 0 bridgehead atoms. The number of pyridine rings is 1. The Bertz CT molecular complexity index is 554. The number of nitrogen functional groups attached to an aromatic ring is 1. The highest BCUT2D eigenvalue weighted by atomic mass is 15.3. The largest absolute Gasteiger partial charge is 0.397 e. The van der Waals surface area contributed by atoms with Crippen molar-refractivity contribution in [1.82, 2.24) is 19.7 Å². The van der Waals surface area contributed by atoms with Crippen LogP contribution in [0.5, 0.6) is 0 Å². The van der Waals surface area contributed by atoms with Crippen LogP contribution in [0.1, 0.15) is 37.4 Å². The minimum atomic E-state index is 0.527. The van der Waals surface area contributed by atoms with Crippen molar-refractivity contribution in [2.45, 2.75) is 31.6 Å². The number of rotatable bonds is 2. The van der Waals surface area contributed by atoms with Gasteiger partial charge < -0.3 is 5.73 Å². The molecule has 2 N–H and O–H groups in total. The van der Waals surface area contributed by atoms with E-state index in [-0.39, 0.29) is 0 Å². The summed E-state index contributed by atoms with van der Waals surface area (Å²) in [7, 11) is 1.92. The Morgan fingerprint density at radius 1 is 1.28 bits per heavy atom. The second kappa shape index (κ2) is 4.40. The average molecular weight is 243 g/mol. The molecular formula is C13H17N5. The maximum atomic E-state index is 5.76. The van der Waals surface area contributed by atoms with Gasteiger partial charge in [0.2, 0.25) is 0 Å². The van der Waals surface area contributed by atoms with E-state index in [0.29, 0.717) is 11.6 Å². The van der Waals surface area contributed by atoms with Gasteiger partial charge in [0.15, 0.2) is 11.6 Å². The van der Waals surface area contributed by atoms with Crippen LogP contribution in [0.25, 0.3) is 11.4 Å². The smallest absolute Gasteiger partial charge is 0.159 e. The van der Waals surface area contributed by atoms with Gasteiger partial charge in [-0.1, -0.05) is 12.8 Å². The second-order valence-corrected chi connectivity index (χ2v) is 4.91. The molecule has 0 radical (unpaired) electrons. The summed E-state index contributed by atoms with van der Waals surface area (Å²) in [5.41, 5.74) is 7.33. The van der Waals surface area contributed by atoms with Gasteiger partial charge in [-0.3, -0.25) is 4.98 Å². The van der Waals surface area contributed by atoms with Gasteiger partial charge in [0.25, 0.3) is 0 Å². The van der Waals surface area contributed by atoms with Crippen LogP contribution >= 0.6 is 0 Å². The van der Waals surface area contributed by atoms with Crippen LogP contribution < -0.4 is 5.73 Å². The van der Waals surface area contributed by atoms with Gasteiger partial charge in [0, 0.05) is 30.9 Å². The van der Waals surface area contributed by atoms with Gasteiger partial charge in [-0.25, -0.2) is 9.67 Å². The van der Waals surface area contributed by atoms with E-state index in [0.717, 1.165) is 17.2 Å². The van der Waals surface area contributed by atoms with Gasteiger partial charge in [-0.2, -0.15) is 5.10 Å². The lowest BCUT2D eigenvalue weighted by Gasteiger charge is -2.01. The SMILES string of the molecule is Cn1nc(C2CCCC2)nc1-c1cncc(N)c1. The van der Waals surface area contributed by atoms with Crippen LogP contribution in [0.3, 0.4) is 0 Å². The van der Waals surface area contributed by atoms with Crippen LogP contribution in [0.4, 0.5) is 5.69 Å². The predicted molar refractivity (Wildman–Crippen MR) is 69.9 cm³/mol. The lowest BCUT2D eigenvalue weighted by molar-refractivity contribution is 0.648. The van der Waals surface area contributed by atoms with Crippen molar-refractivity contribution < 1.29 is 0 Å². The fraction of sp³-hybridized carbons (Fsp3) is 0.462. The topological polar surface area (TPSA) is 69.6 Å². The first-order valence-corrected chi connectivity index (χ1v) is 6.36. The summed E-state index contributed by atoms with van der Waals surface area (Å²) in [5, 5.41) is 4.54. The Balaban J connectivity index is 1.97. The number of nitrogens with zero attached hydrogens (tertiary/aromatic N) is 4. The zero-order valence-corrected chi connectivity index (χ0v) is 10.5. The summed E-state index contributed by atoms with van der Waals surface area (Å²) in [6.45, 7) is 0. The molecule has 0 atom stereocenters. The molecule has 18 heavy (non-hydrogen) atoms. The first-order valence-electron chi connectivity index (χ1n) is 6.36. The molecule has 5 nitrogen and oxygen atoms in total. The van der Waals surface area contributed by atoms with Crippen molar-refractivity contribution in [1.29, 1.82) is 0 Å². The van der Waals surface area contributed by atoms with Crippen molar-refractivity contribution in [3.8, 4) is 11.4 Å². The average Bonchev–Trinajstić information content (AvgIpc) is 2.97. The molecule has 2 heterocycles. The van der Waals surface area contributed by atoms with Gasteiger partial charge in [0.1, 0.15) is 0 Å². The lowest BCUT2D eigenvalue weighted by atomic mass is 10.1. The van der Waals surface area contributed by atoms with Gasteiger partial charge in [-0.05, 0) is 18.9 Å². The fourth-order valence-corrected chi connectivity index (χ4v) is 2.59. The molecule has 0 spiro atoms. The van der Waals surface area contributed by atoms with E-state index in [2.05, 4.69) is 15.1 Å². The van der Waals surface area contributed by atoms with Gasteiger partial charge in [0.05, 0.1) is 5.69 Å². The standard InChI is InChI=1S/C13H17N5/c1-18-13(10-6-11(14)8-15-7-10)16-12(17-18)9-4-2-3-5-9/h6-9H,2-5,14H2,1H3. The molecule has 1 aliphatic rings. The molecule has 5 heteroatoms. The van der Waals surface area contributed by atoms with E-state index < -0.39 is 0 Å². The first kappa shape index (κ1) is 11.2. The molecule has 0 aliphatic heterocycles. The molecular weight excluding hydrogens is 226 g/mol. The van der Waals surface area contributed by atoms with Crippen LogP contribution in [-0.2, 0) is 7.05 Å². The summed E-state index contributed by atoms with van der Waals surface area (Å²) in [4.78, 5) is 8.76. The highest BCUT2D eigenvalue weighted by Gasteiger charge is 2.22. The van der Waals surface area contributed by atoms with Gasteiger partial charge >= 0.3 is 0 Å². The highest BCUT2D eigenvalue weighted by molar-refractivity contribution is 5.59. The number of nitrogens with two attached hydrogens (primary N) is 1. The number of aromatic nitrogens is 4. The van der Waals surface area contributed by atoms with Crippen LogP contribution in [0, 0.1) is 0 Å². The van der Waals surface area contributed by atoms with E-state index in [1.807, 2.05) is 17.8 Å². The highest BCUT2D eigenvalue weighted by Crippen LogP contribution is 2.33. The Labute approximate surface area is 106 Å². The third kappa shape index (κ3) is 1.96. The molecule has 2 aromatic heterocycles. The minimum Gasteiger partial charge on any atom is -0.397 e. The second-order valence-electron chi connectivity index (χ2n) is 4.91. The molecule has 1 saturated carbocycles. The summed E-state index contributed by atoms with van der Waals surface area (Å²) in [6, 6.07) is 1.88. The number of hydrogen-bond donors (Lipinski definition) is 1. The lowest BCUT2D eigenvalue weighted by Crippen LogP contribution is -1.97. The van der Waals surface area contributed by atoms with Crippen molar-refractivity contribution in [2.75, 3.05) is 5.73 Å². The van der Waals surface area contributed by atoms with Crippen molar-refractivity contribution in [3.63, 3.8) is 0 Å². The number of hydrogen-bond acceptors (Lipinski definition) is 4. The number of anilines is 1. The summed E-state index contributed by atoms with van der Waals surface area (Å²) in [5.74, 6) is 2.34. The quantitative estimate of drug-likeness (QED) is 0.877. The summed E-state index contributed by atoms with van der Waals surface area (Å²) < 4.78 is 1.82. The Morgan fingerprint density at radius 2 is 2.06 bits per heavy atom. The van der Waals surface area contributed by atoms with Crippen LogP contribution in [-0.4, -0.2) is 19.7 Å². The molecule has 1 fully saturated rings. The van der Waals surface area contributed by atoms with E-state index in [1.54, 1.807) is 12.4 Å². The van der Waals surface area contributed by atoms with E-state index in [9.17, 15) is 0 Å². The number of aryl methyl sites for hydroxylation is 1.